The SMILES string of the molecule is CCSCC(C)Nc1c([N+](=O)[O-])nc(C)n1C. The molecular weight excluding hydrogens is 240 g/mol. The third kappa shape index (κ3) is 3.36. The summed E-state index contributed by atoms with van der Waals surface area (Å²) in [5.74, 6) is 2.97. The molecule has 0 aliphatic carbocycles. The molecule has 0 fully saturated rings. The number of thioether (sulfide) groups is 1. The van der Waals surface area contributed by atoms with E-state index in [2.05, 4.69) is 17.2 Å². The summed E-state index contributed by atoms with van der Waals surface area (Å²) >= 11 is 1.80. The first kappa shape index (κ1) is 13.8. The van der Waals surface area contributed by atoms with Crippen molar-refractivity contribution in [2.75, 3.05) is 16.8 Å². The van der Waals surface area contributed by atoms with Crippen LogP contribution in [0.1, 0.15) is 19.7 Å². The maximum absolute atomic E-state index is 10.9. The highest BCUT2D eigenvalue weighted by Gasteiger charge is 2.24. The molecule has 6 nitrogen and oxygen atoms in total. The van der Waals surface area contributed by atoms with Crippen LogP contribution in [0, 0.1) is 17.0 Å². The van der Waals surface area contributed by atoms with Gasteiger partial charge in [-0.05, 0) is 22.6 Å². The number of nitrogens with zero attached hydrogens (tertiary/aromatic N) is 3. The van der Waals surface area contributed by atoms with Gasteiger partial charge < -0.3 is 15.4 Å². The lowest BCUT2D eigenvalue weighted by atomic mass is 10.4. The van der Waals surface area contributed by atoms with Gasteiger partial charge in [0.05, 0.1) is 0 Å². The average molecular weight is 258 g/mol. The monoisotopic (exact) mass is 258 g/mol. The zero-order valence-corrected chi connectivity index (χ0v) is 11.4. The number of hydrogen-bond donors (Lipinski definition) is 1. The van der Waals surface area contributed by atoms with E-state index in [1.54, 1.807) is 30.3 Å². The molecule has 0 spiro atoms. The van der Waals surface area contributed by atoms with Gasteiger partial charge in [-0.2, -0.15) is 11.8 Å². The largest absolute Gasteiger partial charge is 0.406 e. The summed E-state index contributed by atoms with van der Waals surface area (Å²) in [6.45, 7) is 5.85. The third-order valence-electron chi connectivity index (χ3n) is 2.43. The van der Waals surface area contributed by atoms with Gasteiger partial charge in [0.1, 0.15) is 0 Å². The van der Waals surface area contributed by atoms with Crippen molar-refractivity contribution in [3.63, 3.8) is 0 Å². The maximum Gasteiger partial charge on any atom is 0.406 e. The lowest BCUT2D eigenvalue weighted by Crippen LogP contribution is -2.20. The summed E-state index contributed by atoms with van der Waals surface area (Å²) in [4.78, 5) is 14.4. The molecule has 7 heteroatoms. The van der Waals surface area contributed by atoms with Gasteiger partial charge in [-0.15, -0.1) is 0 Å². The molecule has 0 aliphatic rings. The molecule has 0 saturated carbocycles. The standard InChI is InChI=1S/C10H18N4O2S/c1-5-17-6-7(2)11-9-10(14(15)16)12-8(3)13(9)4/h7,11H,5-6H2,1-4H3. The van der Waals surface area contributed by atoms with Crippen LogP contribution in [0.25, 0.3) is 0 Å². The molecule has 0 aromatic carbocycles. The van der Waals surface area contributed by atoms with Crippen LogP contribution in [0.3, 0.4) is 0 Å². The minimum atomic E-state index is -0.449. The fraction of sp³-hybridized carbons (Fsp3) is 0.700. The Morgan fingerprint density at radius 2 is 2.29 bits per heavy atom. The summed E-state index contributed by atoms with van der Waals surface area (Å²) in [7, 11) is 1.78. The maximum atomic E-state index is 10.9. The summed E-state index contributed by atoms with van der Waals surface area (Å²) in [6, 6.07) is 0.174. The molecule has 1 N–H and O–H groups in total. The Morgan fingerprint density at radius 1 is 1.65 bits per heavy atom. The lowest BCUT2D eigenvalue weighted by molar-refractivity contribution is -0.388. The van der Waals surface area contributed by atoms with Crippen LogP contribution in [-0.2, 0) is 7.05 Å². The fourth-order valence-electron chi connectivity index (χ4n) is 1.45. The van der Waals surface area contributed by atoms with Gasteiger partial charge in [0.25, 0.3) is 0 Å². The van der Waals surface area contributed by atoms with E-state index in [1.807, 2.05) is 6.92 Å². The summed E-state index contributed by atoms with van der Waals surface area (Å²) < 4.78 is 1.71. The van der Waals surface area contributed by atoms with Crippen molar-refractivity contribution in [1.29, 1.82) is 0 Å². The van der Waals surface area contributed by atoms with Gasteiger partial charge in [0.2, 0.25) is 11.6 Å². The summed E-state index contributed by atoms with van der Waals surface area (Å²) in [6.07, 6.45) is 0. The van der Waals surface area contributed by atoms with E-state index in [0.717, 1.165) is 11.5 Å². The first-order valence-electron chi connectivity index (χ1n) is 5.49. The van der Waals surface area contributed by atoms with Gasteiger partial charge in [-0.1, -0.05) is 6.92 Å². The Morgan fingerprint density at radius 3 is 2.82 bits per heavy atom. The quantitative estimate of drug-likeness (QED) is 0.625. The van der Waals surface area contributed by atoms with Gasteiger partial charge in [0, 0.05) is 25.8 Å². The number of aromatic nitrogens is 2. The third-order valence-corrected chi connectivity index (χ3v) is 3.57. The molecule has 1 atom stereocenters. The molecule has 0 radical (unpaired) electrons. The number of hydrogen-bond acceptors (Lipinski definition) is 5. The first-order valence-corrected chi connectivity index (χ1v) is 6.64. The van der Waals surface area contributed by atoms with Crippen molar-refractivity contribution < 1.29 is 4.92 Å². The predicted octanol–water partition coefficient (Wildman–Crippen LogP) is 2.19. The molecule has 0 saturated heterocycles. The van der Waals surface area contributed by atoms with Crippen LogP contribution in [0.4, 0.5) is 11.6 Å². The highest BCUT2D eigenvalue weighted by Crippen LogP contribution is 2.24. The Kier molecular flexibility index (Phi) is 4.80. The summed E-state index contributed by atoms with van der Waals surface area (Å²) in [5.41, 5.74) is 0. The van der Waals surface area contributed by atoms with Crippen LogP contribution in [0.15, 0.2) is 0 Å². The topological polar surface area (TPSA) is 73.0 Å². The lowest BCUT2D eigenvalue weighted by Gasteiger charge is -2.14. The number of rotatable bonds is 6. The second-order valence-electron chi connectivity index (χ2n) is 3.85. The molecule has 0 amide bonds. The average Bonchev–Trinajstić information content (AvgIpc) is 2.54. The van der Waals surface area contributed by atoms with Crippen LogP contribution >= 0.6 is 11.8 Å². The molecule has 96 valence electrons. The van der Waals surface area contributed by atoms with Crippen LogP contribution in [0.5, 0.6) is 0 Å². The van der Waals surface area contributed by atoms with Gasteiger partial charge in [0.15, 0.2) is 0 Å². The van der Waals surface area contributed by atoms with Crippen molar-refractivity contribution in [3.05, 3.63) is 15.9 Å². The van der Waals surface area contributed by atoms with Crippen molar-refractivity contribution in [3.8, 4) is 0 Å². The van der Waals surface area contributed by atoms with Gasteiger partial charge >= 0.3 is 5.82 Å². The van der Waals surface area contributed by atoms with E-state index in [9.17, 15) is 10.1 Å². The number of imidazole rings is 1. The van der Waals surface area contributed by atoms with E-state index in [0.29, 0.717) is 11.6 Å². The zero-order chi connectivity index (χ0) is 13.0. The number of nitro groups is 1. The van der Waals surface area contributed by atoms with Crippen molar-refractivity contribution in [1.82, 2.24) is 9.55 Å². The molecule has 1 aromatic rings. The number of anilines is 1. The minimum Gasteiger partial charge on any atom is -0.361 e. The molecule has 1 rings (SSSR count). The van der Waals surface area contributed by atoms with E-state index in [1.165, 1.54) is 0 Å². The van der Waals surface area contributed by atoms with Crippen molar-refractivity contribution in [2.45, 2.75) is 26.8 Å². The smallest absolute Gasteiger partial charge is 0.361 e. The van der Waals surface area contributed by atoms with Crippen molar-refractivity contribution in [2.24, 2.45) is 7.05 Å². The van der Waals surface area contributed by atoms with Crippen LogP contribution < -0.4 is 5.32 Å². The predicted molar refractivity (Wildman–Crippen MR) is 70.7 cm³/mol. The molecule has 0 bridgehead atoms. The Labute approximate surface area is 105 Å². The molecular formula is C10H18N4O2S. The molecule has 17 heavy (non-hydrogen) atoms. The van der Waals surface area contributed by atoms with E-state index < -0.39 is 4.92 Å². The zero-order valence-electron chi connectivity index (χ0n) is 10.6. The molecule has 1 aromatic heterocycles. The highest BCUT2D eigenvalue weighted by atomic mass is 32.2. The van der Waals surface area contributed by atoms with E-state index in [-0.39, 0.29) is 11.9 Å². The van der Waals surface area contributed by atoms with Gasteiger partial charge in [-0.3, -0.25) is 4.57 Å². The second-order valence-corrected chi connectivity index (χ2v) is 5.17. The van der Waals surface area contributed by atoms with E-state index in [4.69, 9.17) is 0 Å². The summed E-state index contributed by atoms with van der Waals surface area (Å²) in [5, 5.41) is 14.0. The molecule has 1 heterocycles. The normalized spacial score (nSPS) is 12.5. The number of nitrogens with one attached hydrogen (secondary N) is 1. The molecule has 0 aliphatic heterocycles. The Bertz CT molecular complexity index is 405. The van der Waals surface area contributed by atoms with Crippen LogP contribution in [0.2, 0.25) is 0 Å². The Balaban J connectivity index is 2.85. The molecule has 1 unspecified atom stereocenters. The van der Waals surface area contributed by atoms with Gasteiger partial charge in [-0.25, -0.2) is 0 Å². The fourth-order valence-corrected chi connectivity index (χ4v) is 2.12. The minimum absolute atomic E-state index is 0.0988. The van der Waals surface area contributed by atoms with Crippen LogP contribution in [-0.4, -0.2) is 32.0 Å². The highest BCUT2D eigenvalue weighted by molar-refractivity contribution is 7.99. The number of aryl methyl sites for hydroxylation is 1. The van der Waals surface area contributed by atoms with Crippen molar-refractivity contribution >= 4 is 23.4 Å². The Hall–Kier alpha value is -1.24. The second kappa shape index (κ2) is 5.90. The first-order chi connectivity index (χ1) is 7.97. The van der Waals surface area contributed by atoms with E-state index >= 15 is 0 Å².